The van der Waals surface area contributed by atoms with Crippen LogP contribution in [0.1, 0.15) is 12.5 Å². The lowest BCUT2D eigenvalue weighted by Crippen LogP contribution is -2.19. The summed E-state index contributed by atoms with van der Waals surface area (Å²) in [5.41, 5.74) is 2.54. The van der Waals surface area contributed by atoms with Crippen molar-refractivity contribution in [3.8, 4) is 34.2 Å². The van der Waals surface area contributed by atoms with E-state index in [0.717, 1.165) is 5.56 Å². The first-order valence-corrected chi connectivity index (χ1v) is 10.9. The second kappa shape index (κ2) is 10.2. The Bertz CT molecular complexity index is 1480. The molecule has 4 aromatic rings. The number of ether oxygens (including phenoxy) is 3. The number of methoxy groups -OCH3 is 3. The molecule has 0 saturated carbocycles. The molecule has 3 aromatic carbocycles. The zero-order chi connectivity index (χ0) is 25.8. The average molecular weight is 489 g/mol. The number of nitrogens with one attached hydrogen (secondary N) is 1. The number of hydrogen-bond donors (Lipinski definition) is 1. The summed E-state index contributed by atoms with van der Waals surface area (Å²) < 4.78 is 17.3. The Morgan fingerprint density at radius 3 is 2.14 bits per heavy atom. The van der Waals surface area contributed by atoms with Gasteiger partial charge in [0.2, 0.25) is 0 Å². The van der Waals surface area contributed by atoms with Crippen LogP contribution in [0.15, 0.2) is 76.5 Å². The maximum Gasteiger partial charge on any atom is 0.280 e. The number of benzene rings is 3. The van der Waals surface area contributed by atoms with Crippen molar-refractivity contribution >= 4 is 17.1 Å². The van der Waals surface area contributed by atoms with Gasteiger partial charge in [0.05, 0.1) is 48.9 Å². The average Bonchev–Trinajstić information content (AvgIpc) is 3.25. The fourth-order valence-corrected chi connectivity index (χ4v) is 3.77. The lowest BCUT2D eigenvalue weighted by Gasteiger charge is -2.08. The zero-order valence-corrected chi connectivity index (χ0v) is 20.1. The molecular formula is C26H24N4O6. The summed E-state index contributed by atoms with van der Waals surface area (Å²) in [4.78, 5) is 28.9. The van der Waals surface area contributed by atoms with Crippen LogP contribution < -0.4 is 19.8 Å². The number of non-ortho nitro benzene ring substituents is 1. The number of rotatable bonds is 8. The lowest BCUT2D eigenvalue weighted by atomic mass is 10.0. The van der Waals surface area contributed by atoms with Crippen molar-refractivity contribution in [1.82, 2.24) is 9.78 Å². The molecule has 10 heteroatoms. The normalized spacial score (nSPS) is 11.3. The van der Waals surface area contributed by atoms with Gasteiger partial charge in [-0.15, -0.1) is 0 Å². The summed E-state index contributed by atoms with van der Waals surface area (Å²) in [5, 5.41) is 14.2. The van der Waals surface area contributed by atoms with E-state index in [1.54, 1.807) is 51.5 Å². The molecule has 0 unspecified atom stereocenters. The molecule has 1 aromatic heterocycles. The molecule has 10 nitrogen and oxygen atoms in total. The van der Waals surface area contributed by atoms with Gasteiger partial charge < -0.3 is 14.2 Å². The topological polar surface area (TPSA) is 121 Å². The summed E-state index contributed by atoms with van der Waals surface area (Å²) in [6.45, 7) is 1.73. The van der Waals surface area contributed by atoms with Gasteiger partial charge in [-0.25, -0.2) is 9.67 Å². The first kappa shape index (κ1) is 24.3. The molecule has 36 heavy (non-hydrogen) atoms. The van der Waals surface area contributed by atoms with Crippen LogP contribution in [0.2, 0.25) is 0 Å². The molecule has 0 aliphatic heterocycles. The van der Waals surface area contributed by atoms with Gasteiger partial charge in [-0.05, 0) is 55.5 Å². The minimum atomic E-state index is -0.492. The van der Waals surface area contributed by atoms with Crippen LogP contribution in [0.3, 0.4) is 0 Å². The van der Waals surface area contributed by atoms with Crippen molar-refractivity contribution in [2.45, 2.75) is 6.92 Å². The van der Waals surface area contributed by atoms with Gasteiger partial charge in [0.1, 0.15) is 22.9 Å². The van der Waals surface area contributed by atoms with Gasteiger partial charge in [-0.1, -0.05) is 0 Å². The van der Waals surface area contributed by atoms with Crippen LogP contribution in [-0.2, 0) is 0 Å². The van der Waals surface area contributed by atoms with Gasteiger partial charge in [0.25, 0.3) is 11.2 Å². The highest BCUT2D eigenvalue weighted by atomic mass is 16.6. The largest absolute Gasteiger partial charge is 0.497 e. The summed E-state index contributed by atoms with van der Waals surface area (Å²) in [6.07, 6.45) is 0. The van der Waals surface area contributed by atoms with Crippen molar-refractivity contribution in [2.24, 2.45) is 4.99 Å². The molecule has 0 aliphatic carbocycles. The molecule has 0 radical (unpaired) electrons. The van der Waals surface area contributed by atoms with Crippen molar-refractivity contribution < 1.29 is 19.1 Å². The Hall–Kier alpha value is -4.86. The molecule has 0 atom stereocenters. The minimum Gasteiger partial charge on any atom is -0.497 e. The molecular weight excluding hydrogens is 464 g/mol. The standard InChI is InChI=1S/C26H24N4O6/c1-16(27-22-15-21(35-3)13-14-23(22)36-4)24-25(17-5-11-20(34-2)12-6-17)28-29(26(24)31)18-7-9-19(10-8-18)30(32)33/h5-15,28H,1-4H3. The number of aromatic nitrogens is 2. The molecule has 0 bridgehead atoms. The number of aromatic amines is 1. The third-order valence-corrected chi connectivity index (χ3v) is 5.62. The van der Waals surface area contributed by atoms with E-state index in [1.165, 1.54) is 36.1 Å². The van der Waals surface area contributed by atoms with E-state index in [-0.39, 0.29) is 11.2 Å². The number of hydrogen-bond acceptors (Lipinski definition) is 7. The summed E-state index contributed by atoms with van der Waals surface area (Å²) in [5.74, 6) is 1.78. The molecule has 1 N–H and O–H groups in total. The number of nitrogens with zero attached hydrogens (tertiary/aromatic N) is 3. The maximum absolute atomic E-state index is 13.7. The van der Waals surface area contributed by atoms with E-state index < -0.39 is 4.92 Å². The fraction of sp³-hybridized carbons (Fsp3) is 0.154. The highest BCUT2D eigenvalue weighted by Crippen LogP contribution is 2.33. The fourth-order valence-electron chi connectivity index (χ4n) is 3.77. The van der Waals surface area contributed by atoms with E-state index in [4.69, 9.17) is 19.2 Å². The highest BCUT2D eigenvalue weighted by molar-refractivity contribution is 6.05. The molecule has 1 heterocycles. The predicted octanol–water partition coefficient (Wildman–Crippen LogP) is 4.91. The smallest absolute Gasteiger partial charge is 0.280 e. The van der Waals surface area contributed by atoms with Crippen molar-refractivity contribution in [2.75, 3.05) is 21.3 Å². The van der Waals surface area contributed by atoms with Gasteiger partial charge in [0, 0.05) is 23.8 Å². The van der Waals surface area contributed by atoms with Crippen LogP contribution in [0.25, 0.3) is 16.9 Å². The highest BCUT2D eigenvalue weighted by Gasteiger charge is 2.20. The van der Waals surface area contributed by atoms with Crippen molar-refractivity contribution in [3.05, 3.63) is 92.8 Å². The number of nitro benzene ring substituents is 1. The van der Waals surface area contributed by atoms with Crippen LogP contribution in [0, 0.1) is 10.1 Å². The predicted molar refractivity (Wildman–Crippen MR) is 136 cm³/mol. The molecule has 0 saturated heterocycles. The summed E-state index contributed by atoms with van der Waals surface area (Å²) >= 11 is 0. The van der Waals surface area contributed by atoms with E-state index >= 15 is 0 Å². The van der Waals surface area contributed by atoms with Crippen molar-refractivity contribution in [3.63, 3.8) is 0 Å². The quantitative estimate of drug-likeness (QED) is 0.214. The van der Waals surface area contributed by atoms with Crippen LogP contribution in [0.5, 0.6) is 17.2 Å². The number of H-pyrrole nitrogens is 1. The Balaban J connectivity index is 1.91. The zero-order valence-electron chi connectivity index (χ0n) is 20.1. The SMILES string of the molecule is COc1ccc(-c2[nH]n(-c3ccc([N+](=O)[O-])cc3)c(=O)c2C(C)=Nc2cc(OC)ccc2OC)cc1. The van der Waals surface area contributed by atoms with E-state index in [1.807, 2.05) is 12.1 Å². The van der Waals surface area contributed by atoms with Crippen molar-refractivity contribution in [1.29, 1.82) is 0 Å². The Kier molecular flexibility index (Phi) is 6.86. The monoisotopic (exact) mass is 488 g/mol. The molecule has 184 valence electrons. The third kappa shape index (κ3) is 4.69. The van der Waals surface area contributed by atoms with E-state index in [9.17, 15) is 14.9 Å². The van der Waals surface area contributed by atoms with Crippen LogP contribution >= 0.6 is 0 Å². The Morgan fingerprint density at radius 2 is 1.56 bits per heavy atom. The second-order valence-electron chi connectivity index (χ2n) is 7.74. The molecule has 0 spiro atoms. The first-order chi connectivity index (χ1) is 17.4. The minimum absolute atomic E-state index is 0.0724. The van der Waals surface area contributed by atoms with E-state index in [2.05, 4.69) is 5.10 Å². The Labute approximate surface area is 206 Å². The van der Waals surface area contributed by atoms with Crippen LogP contribution in [0.4, 0.5) is 11.4 Å². The van der Waals surface area contributed by atoms with Gasteiger partial charge in [-0.2, -0.15) is 0 Å². The first-order valence-electron chi connectivity index (χ1n) is 10.9. The Morgan fingerprint density at radius 1 is 0.917 bits per heavy atom. The molecule has 0 fully saturated rings. The van der Waals surface area contributed by atoms with Crippen LogP contribution in [-0.4, -0.2) is 41.7 Å². The number of aliphatic imine (C=N–C) groups is 1. The molecule has 0 aliphatic rings. The lowest BCUT2D eigenvalue weighted by molar-refractivity contribution is -0.384. The molecule has 4 rings (SSSR count). The van der Waals surface area contributed by atoms with Gasteiger partial charge in [-0.3, -0.25) is 20.0 Å². The summed E-state index contributed by atoms with van der Waals surface area (Å²) in [7, 11) is 4.67. The second-order valence-corrected chi connectivity index (χ2v) is 7.74. The van der Waals surface area contributed by atoms with Gasteiger partial charge >= 0.3 is 0 Å². The number of nitro groups is 1. The van der Waals surface area contributed by atoms with Gasteiger partial charge in [0.15, 0.2) is 0 Å². The molecule has 0 amide bonds. The third-order valence-electron chi connectivity index (χ3n) is 5.62. The maximum atomic E-state index is 13.7. The van der Waals surface area contributed by atoms with E-state index in [0.29, 0.717) is 45.6 Å². The summed E-state index contributed by atoms with van der Waals surface area (Å²) in [6, 6.07) is 18.2.